The number of hydrogen-bond donors (Lipinski definition) is 3. The molecule has 0 atom stereocenters. The maximum absolute atomic E-state index is 10.1. The summed E-state index contributed by atoms with van der Waals surface area (Å²) >= 11 is 0. The summed E-state index contributed by atoms with van der Waals surface area (Å²) in [5.74, 6) is -0.501. The van der Waals surface area contributed by atoms with E-state index in [-0.39, 0.29) is 26.4 Å². The summed E-state index contributed by atoms with van der Waals surface area (Å²) in [5, 5.41) is 24.3. The second kappa shape index (κ2) is 14.6. The van der Waals surface area contributed by atoms with Gasteiger partial charge in [-0.25, -0.2) is 4.79 Å². The number of hydrogen-bond acceptors (Lipinski definition) is 5. The predicted octanol–water partition coefficient (Wildman–Crippen LogP) is -0.541. The zero-order valence-corrected chi connectivity index (χ0v) is 8.19. The second-order valence-electron chi connectivity index (χ2n) is 2.25. The Bertz CT molecular complexity index is 131. The van der Waals surface area contributed by atoms with Gasteiger partial charge < -0.3 is 20.1 Å². The van der Waals surface area contributed by atoms with Crippen molar-refractivity contribution in [2.24, 2.45) is 0 Å². The van der Waals surface area contributed by atoms with Gasteiger partial charge in [0.2, 0.25) is 0 Å². The van der Waals surface area contributed by atoms with Crippen LogP contribution in [0.5, 0.6) is 0 Å². The molecule has 0 saturated carbocycles. The van der Waals surface area contributed by atoms with Gasteiger partial charge in [-0.2, -0.15) is 0 Å². The van der Waals surface area contributed by atoms with Crippen LogP contribution in [0.15, 0.2) is 12.7 Å². The number of esters is 1. The smallest absolute Gasteiger partial charge is 0.330 e. The minimum absolute atomic E-state index is 0.0465. The molecule has 5 heteroatoms. The fourth-order valence-electron chi connectivity index (χ4n) is 0.429. The fraction of sp³-hybridized carbons (Fsp3) is 0.667. The van der Waals surface area contributed by atoms with Gasteiger partial charge in [0.05, 0.1) is 6.61 Å². The molecular weight excluding hydrogens is 188 g/mol. The number of aliphatic hydroxyl groups excluding tert-OH is 3. The monoisotopic (exact) mass is 206 g/mol. The summed E-state index contributed by atoms with van der Waals surface area (Å²) in [4.78, 5) is 10.1. The zero-order chi connectivity index (χ0) is 11.2. The van der Waals surface area contributed by atoms with Crippen LogP contribution in [0.1, 0.15) is 12.8 Å². The minimum atomic E-state index is -0.501. The maximum atomic E-state index is 10.1. The lowest BCUT2D eigenvalue weighted by Crippen LogP contribution is -2.04. The van der Waals surface area contributed by atoms with Crippen LogP contribution < -0.4 is 0 Å². The lowest BCUT2D eigenvalue weighted by molar-refractivity contribution is -0.138. The van der Waals surface area contributed by atoms with Crippen molar-refractivity contribution in [3.63, 3.8) is 0 Å². The Kier molecular flexibility index (Phi) is 16.2. The average Bonchev–Trinajstić information content (AvgIpc) is 2.23. The first-order chi connectivity index (χ1) is 6.72. The van der Waals surface area contributed by atoms with Crippen LogP contribution >= 0.6 is 0 Å². The molecule has 0 saturated heterocycles. The van der Waals surface area contributed by atoms with Crippen LogP contribution in [0, 0.1) is 0 Å². The first-order valence-electron chi connectivity index (χ1n) is 4.34. The molecule has 0 aliphatic rings. The van der Waals surface area contributed by atoms with Gasteiger partial charge in [0.25, 0.3) is 0 Å². The van der Waals surface area contributed by atoms with E-state index in [9.17, 15) is 4.79 Å². The highest BCUT2D eigenvalue weighted by molar-refractivity contribution is 5.81. The third kappa shape index (κ3) is 17.3. The Balaban J connectivity index is 0. The molecular formula is C9H18O5. The van der Waals surface area contributed by atoms with Gasteiger partial charge in [0.1, 0.15) is 6.61 Å². The normalized spacial score (nSPS) is 8.50. The van der Waals surface area contributed by atoms with Crippen molar-refractivity contribution in [2.75, 3.05) is 26.4 Å². The van der Waals surface area contributed by atoms with E-state index < -0.39 is 5.97 Å². The zero-order valence-electron chi connectivity index (χ0n) is 8.19. The molecule has 0 rings (SSSR count). The molecule has 0 amide bonds. The third-order valence-corrected chi connectivity index (χ3v) is 1.07. The van der Waals surface area contributed by atoms with Crippen LogP contribution in [-0.2, 0) is 9.53 Å². The van der Waals surface area contributed by atoms with Gasteiger partial charge in [0, 0.05) is 19.3 Å². The van der Waals surface area contributed by atoms with E-state index in [1.807, 2.05) is 0 Å². The van der Waals surface area contributed by atoms with E-state index >= 15 is 0 Å². The Morgan fingerprint density at radius 3 is 1.93 bits per heavy atom. The van der Waals surface area contributed by atoms with Gasteiger partial charge >= 0.3 is 5.97 Å². The molecule has 0 aromatic heterocycles. The summed E-state index contributed by atoms with van der Waals surface area (Å²) < 4.78 is 4.33. The van der Waals surface area contributed by atoms with E-state index in [2.05, 4.69) is 11.3 Å². The lowest BCUT2D eigenvalue weighted by atomic mass is 10.3. The average molecular weight is 206 g/mol. The van der Waals surface area contributed by atoms with E-state index in [1.54, 1.807) is 0 Å². The predicted molar refractivity (Wildman–Crippen MR) is 51.6 cm³/mol. The minimum Gasteiger partial charge on any atom is -0.460 e. The molecule has 84 valence electrons. The van der Waals surface area contributed by atoms with Gasteiger partial charge in [-0.15, -0.1) is 0 Å². The van der Waals surface area contributed by atoms with Crippen molar-refractivity contribution in [1.82, 2.24) is 0 Å². The van der Waals surface area contributed by atoms with Gasteiger partial charge in [-0.1, -0.05) is 6.58 Å². The first-order valence-corrected chi connectivity index (χ1v) is 4.34. The van der Waals surface area contributed by atoms with E-state index in [1.165, 1.54) is 0 Å². The van der Waals surface area contributed by atoms with Crippen molar-refractivity contribution in [2.45, 2.75) is 12.8 Å². The van der Waals surface area contributed by atoms with Crippen molar-refractivity contribution >= 4 is 5.97 Å². The van der Waals surface area contributed by atoms with E-state index in [0.717, 1.165) is 18.9 Å². The molecule has 0 heterocycles. The summed E-state index contributed by atoms with van der Waals surface area (Å²) in [7, 11) is 0. The van der Waals surface area contributed by atoms with Crippen LogP contribution in [-0.4, -0.2) is 47.7 Å². The SMILES string of the molecule is C=CC(=O)OCCO.OCCCCO. The Labute approximate surface area is 83.6 Å². The molecule has 14 heavy (non-hydrogen) atoms. The first kappa shape index (κ1) is 15.6. The highest BCUT2D eigenvalue weighted by atomic mass is 16.5. The lowest BCUT2D eigenvalue weighted by Gasteiger charge is -1.94. The molecule has 0 spiro atoms. The van der Waals surface area contributed by atoms with Gasteiger partial charge in [0.15, 0.2) is 0 Å². The molecule has 0 aromatic rings. The summed E-state index contributed by atoms with van der Waals surface area (Å²) in [6, 6.07) is 0. The van der Waals surface area contributed by atoms with Gasteiger partial charge in [-0.05, 0) is 12.8 Å². The van der Waals surface area contributed by atoms with Crippen LogP contribution in [0.2, 0.25) is 0 Å². The number of carbonyl (C=O) groups excluding carboxylic acids is 1. The highest BCUT2D eigenvalue weighted by Crippen LogP contribution is 1.80. The molecule has 5 nitrogen and oxygen atoms in total. The number of rotatable bonds is 6. The van der Waals surface area contributed by atoms with Crippen LogP contribution in [0.4, 0.5) is 0 Å². The molecule has 0 radical (unpaired) electrons. The van der Waals surface area contributed by atoms with Crippen molar-refractivity contribution in [1.29, 1.82) is 0 Å². The third-order valence-electron chi connectivity index (χ3n) is 1.07. The Hall–Kier alpha value is -0.910. The Morgan fingerprint density at radius 1 is 1.14 bits per heavy atom. The van der Waals surface area contributed by atoms with Crippen LogP contribution in [0.3, 0.4) is 0 Å². The molecule has 0 aliphatic carbocycles. The summed E-state index contributed by atoms with van der Waals surface area (Å²) in [5.41, 5.74) is 0. The summed E-state index contributed by atoms with van der Waals surface area (Å²) in [6.07, 6.45) is 2.49. The molecule has 0 unspecified atom stereocenters. The molecule has 0 bridgehead atoms. The Morgan fingerprint density at radius 2 is 1.64 bits per heavy atom. The molecule has 0 fully saturated rings. The number of ether oxygens (including phenoxy) is 1. The number of unbranched alkanes of at least 4 members (excludes halogenated alkanes) is 1. The largest absolute Gasteiger partial charge is 0.460 e. The molecule has 3 N–H and O–H groups in total. The van der Waals surface area contributed by atoms with E-state index in [4.69, 9.17) is 15.3 Å². The maximum Gasteiger partial charge on any atom is 0.330 e. The van der Waals surface area contributed by atoms with Crippen molar-refractivity contribution < 1.29 is 24.9 Å². The van der Waals surface area contributed by atoms with Crippen molar-refractivity contribution in [3.05, 3.63) is 12.7 Å². The molecule has 0 aliphatic heterocycles. The number of aliphatic hydroxyl groups is 3. The van der Waals surface area contributed by atoms with Gasteiger partial charge in [-0.3, -0.25) is 0 Å². The highest BCUT2D eigenvalue weighted by Gasteiger charge is 1.90. The standard InChI is InChI=1S/C5H8O3.C4H10O2/c1-2-5(7)8-4-3-6;5-3-1-2-4-6/h2,6H,1,3-4H2;5-6H,1-4H2. The van der Waals surface area contributed by atoms with Crippen molar-refractivity contribution in [3.8, 4) is 0 Å². The quantitative estimate of drug-likeness (QED) is 0.308. The second-order valence-corrected chi connectivity index (χ2v) is 2.25. The van der Waals surface area contributed by atoms with Crippen LogP contribution in [0.25, 0.3) is 0 Å². The number of carbonyl (C=O) groups is 1. The molecule has 0 aromatic carbocycles. The fourth-order valence-corrected chi connectivity index (χ4v) is 0.429. The summed E-state index contributed by atoms with van der Waals surface area (Å²) in [6.45, 7) is 3.45. The topological polar surface area (TPSA) is 87.0 Å². The van der Waals surface area contributed by atoms with E-state index in [0.29, 0.717) is 0 Å².